The van der Waals surface area contributed by atoms with Crippen molar-refractivity contribution in [3.8, 4) is 11.5 Å². The molecule has 19 heteroatoms. The van der Waals surface area contributed by atoms with Crippen LogP contribution in [0.5, 0.6) is 11.5 Å². The fourth-order valence-corrected chi connectivity index (χ4v) is 6.61. The summed E-state index contributed by atoms with van der Waals surface area (Å²) in [6, 6.07) is 13.9. The highest BCUT2D eigenvalue weighted by Crippen LogP contribution is 2.43. The van der Waals surface area contributed by atoms with Crippen LogP contribution < -0.4 is 10.5 Å². The summed E-state index contributed by atoms with van der Waals surface area (Å²) < 4.78 is 106. The number of phenols is 1. The lowest BCUT2D eigenvalue weighted by Crippen LogP contribution is -2.04. The lowest BCUT2D eigenvalue weighted by molar-refractivity contribution is 0.416. The van der Waals surface area contributed by atoms with E-state index in [1.807, 2.05) is 0 Å². The average molecular weight is 702 g/mol. The predicted molar refractivity (Wildman–Crippen MR) is 169 cm³/mol. The zero-order valence-electron chi connectivity index (χ0n) is 24.1. The van der Waals surface area contributed by atoms with Gasteiger partial charge in [-0.2, -0.15) is 35.5 Å². The van der Waals surface area contributed by atoms with Gasteiger partial charge in [0, 0.05) is 22.5 Å². The Morgan fingerprint density at radius 3 is 1.98 bits per heavy atom. The van der Waals surface area contributed by atoms with Crippen molar-refractivity contribution in [2.75, 3.05) is 12.8 Å². The number of fused-ring (bicyclic) bond motifs is 2. The Hall–Kier alpha value is -5.05. The van der Waals surface area contributed by atoms with Gasteiger partial charge in [-0.1, -0.05) is 6.07 Å². The second-order valence-electron chi connectivity index (χ2n) is 10.0. The van der Waals surface area contributed by atoms with Gasteiger partial charge in [-0.15, -0.1) is 10.2 Å². The van der Waals surface area contributed by atoms with Crippen LogP contribution in [0.15, 0.2) is 102 Å². The largest absolute Gasteiger partial charge is 0.505 e. The van der Waals surface area contributed by atoms with E-state index < -0.39 is 56.5 Å². The molecule has 0 spiro atoms. The number of methoxy groups -OCH3 is 1. The SMILES string of the molecule is COc1cc(N=Nc2ccc3cc(S(=O)(=O)O)cc(S(=O)(=O)O)c3c2)c(C)cc1N=Nc1c(S(=O)(=O)O)cc2cc(N)ccc2c1O. The van der Waals surface area contributed by atoms with E-state index in [-0.39, 0.29) is 44.4 Å². The molecule has 0 amide bonds. The van der Waals surface area contributed by atoms with Crippen LogP contribution in [0.3, 0.4) is 0 Å². The van der Waals surface area contributed by atoms with Crippen LogP contribution in [0.25, 0.3) is 21.5 Å². The number of rotatable bonds is 8. The van der Waals surface area contributed by atoms with Gasteiger partial charge >= 0.3 is 0 Å². The van der Waals surface area contributed by atoms with Gasteiger partial charge in [0.15, 0.2) is 5.75 Å². The number of anilines is 1. The molecule has 16 nitrogen and oxygen atoms in total. The van der Waals surface area contributed by atoms with E-state index in [2.05, 4.69) is 20.5 Å². The molecule has 0 aliphatic carbocycles. The first-order valence-electron chi connectivity index (χ1n) is 12.9. The highest BCUT2D eigenvalue weighted by Gasteiger charge is 2.23. The molecular weight excluding hydrogens is 679 g/mol. The minimum atomic E-state index is -4.92. The highest BCUT2D eigenvalue weighted by atomic mass is 32.2. The van der Waals surface area contributed by atoms with Crippen molar-refractivity contribution in [3.05, 3.63) is 72.3 Å². The number of hydrogen-bond acceptors (Lipinski definition) is 13. The van der Waals surface area contributed by atoms with E-state index in [1.165, 1.54) is 55.6 Å². The third-order valence-electron chi connectivity index (χ3n) is 6.83. The molecule has 5 aromatic rings. The molecule has 244 valence electrons. The molecular formula is C28H23N5O11S3. The fraction of sp³-hybridized carbons (Fsp3) is 0.0714. The number of hydrogen-bond donors (Lipinski definition) is 5. The summed E-state index contributed by atoms with van der Waals surface area (Å²) in [7, 11) is -13.3. The molecule has 0 atom stereocenters. The van der Waals surface area contributed by atoms with Crippen LogP contribution in [-0.4, -0.2) is 51.1 Å². The average Bonchev–Trinajstić information content (AvgIpc) is 2.97. The van der Waals surface area contributed by atoms with Gasteiger partial charge in [0.1, 0.15) is 26.9 Å². The van der Waals surface area contributed by atoms with Crippen molar-refractivity contribution in [2.45, 2.75) is 21.6 Å². The quantitative estimate of drug-likeness (QED) is 0.0690. The first-order valence-corrected chi connectivity index (χ1v) is 17.3. The molecule has 6 N–H and O–H groups in total. The lowest BCUT2D eigenvalue weighted by atomic mass is 10.1. The van der Waals surface area contributed by atoms with E-state index >= 15 is 0 Å². The first kappa shape index (κ1) is 33.3. The fourth-order valence-electron chi connectivity index (χ4n) is 4.60. The number of ether oxygens (including phenoxy) is 1. The summed E-state index contributed by atoms with van der Waals surface area (Å²) in [4.78, 5) is -2.21. The van der Waals surface area contributed by atoms with Crippen LogP contribution in [-0.2, 0) is 30.4 Å². The molecule has 0 unspecified atom stereocenters. The van der Waals surface area contributed by atoms with Crippen molar-refractivity contribution in [3.63, 3.8) is 0 Å². The number of benzene rings is 5. The number of nitrogens with two attached hydrogens (primary N) is 1. The molecule has 0 bridgehead atoms. The van der Waals surface area contributed by atoms with Crippen molar-refractivity contribution >= 4 is 80.3 Å². The maximum Gasteiger partial charge on any atom is 0.296 e. The van der Waals surface area contributed by atoms with Crippen molar-refractivity contribution < 1.29 is 48.8 Å². The summed E-state index contributed by atoms with van der Waals surface area (Å²) >= 11 is 0. The summed E-state index contributed by atoms with van der Waals surface area (Å²) in [6.45, 7) is 1.63. The first-order chi connectivity index (χ1) is 21.9. The van der Waals surface area contributed by atoms with Gasteiger partial charge < -0.3 is 15.6 Å². The topological polar surface area (TPSA) is 268 Å². The van der Waals surface area contributed by atoms with Gasteiger partial charge in [-0.25, -0.2) is 0 Å². The van der Waals surface area contributed by atoms with E-state index in [9.17, 15) is 44.0 Å². The van der Waals surface area contributed by atoms with Gasteiger partial charge in [0.25, 0.3) is 30.4 Å². The Labute approximate surface area is 267 Å². The monoisotopic (exact) mass is 701 g/mol. The molecule has 0 aliphatic heterocycles. The summed E-state index contributed by atoms with van der Waals surface area (Å²) in [6.07, 6.45) is 0. The van der Waals surface area contributed by atoms with E-state index in [1.54, 1.807) is 6.92 Å². The van der Waals surface area contributed by atoms with Gasteiger partial charge in [0.05, 0.1) is 23.4 Å². The Bertz CT molecular complexity index is 2520. The number of azo groups is 2. The van der Waals surface area contributed by atoms with Gasteiger partial charge in [-0.3, -0.25) is 13.7 Å². The number of nitrogens with zero attached hydrogens (tertiary/aromatic N) is 4. The highest BCUT2D eigenvalue weighted by molar-refractivity contribution is 7.87. The third-order valence-corrected chi connectivity index (χ3v) is 9.42. The standard InChI is InChI=1S/C28H23N5O11S3/c1-14-7-23(32-33-27-26(47(41,42)43)10-16-8-17(29)4-6-20(16)28(27)34)24(44-2)13-22(14)31-30-18-5-3-15-9-19(45(35,36)37)12-25(21(15)11-18)46(38,39)40/h3-13,34H,29H2,1-2H3,(H,35,36,37)(H,38,39,40)(H,41,42,43). The summed E-state index contributed by atoms with van der Waals surface area (Å²) in [5.41, 5.74) is 6.43. The molecule has 5 rings (SSSR count). The Morgan fingerprint density at radius 2 is 1.34 bits per heavy atom. The second kappa shape index (κ2) is 12.0. The normalized spacial score (nSPS) is 12.9. The zero-order chi connectivity index (χ0) is 34.5. The second-order valence-corrected chi connectivity index (χ2v) is 14.2. The lowest BCUT2D eigenvalue weighted by Gasteiger charge is -2.10. The van der Waals surface area contributed by atoms with E-state index in [0.717, 1.165) is 12.1 Å². The summed E-state index contributed by atoms with van der Waals surface area (Å²) in [5.74, 6) is -0.471. The molecule has 0 aromatic heterocycles. The molecule has 0 saturated carbocycles. The van der Waals surface area contributed by atoms with E-state index in [0.29, 0.717) is 17.3 Å². The number of nitrogen functional groups attached to an aromatic ring is 1. The number of aromatic hydroxyl groups is 1. The van der Waals surface area contributed by atoms with Crippen LogP contribution >= 0.6 is 0 Å². The van der Waals surface area contributed by atoms with Gasteiger partial charge in [-0.05, 0) is 77.9 Å². The Balaban J connectivity index is 1.54. The molecule has 5 aromatic carbocycles. The van der Waals surface area contributed by atoms with Crippen molar-refractivity contribution in [1.29, 1.82) is 0 Å². The Kier molecular flexibility index (Phi) is 8.47. The van der Waals surface area contributed by atoms with Crippen LogP contribution in [0.4, 0.5) is 28.4 Å². The number of aryl methyl sites for hydroxylation is 1. The molecule has 0 heterocycles. The van der Waals surface area contributed by atoms with Gasteiger partial charge in [0.2, 0.25) is 0 Å². The molecule has 0 aliphatic rings. The third kappa shape index (κ3) is 6.89. The minimum absolute atomic E-state index is 0.0676. The molecule has 0 saturated heterocycles. The minimum Gasteiger partial charge on any atom is -0.505 e. The Morgan fingerprint density at radius 1 is 0.660 bits per heavy atom. The predicted octanol–water partition coefficient (Wildman–Crippen LogP) is 6.17. The summed E-state index contributed by atoms with van der Waals surface area (Å²) in [5, 5.41) is 27.5. The number of phenolic OH excluding ortho intramolecular Hbond substituents is 1. The molecule has 47 heavy (non-hydrogen) atoms. The van der Waals surface area contributed by atoms with Crippen LogP contribution in [0.2, 0.25) is 0 Å². The van der Waals surface area contributed by atoms with Crippen molar-refractivity contribution in [2.24, 2.45) is 20.5 Å². The maximum absolute atomic E-state index is 12.1. The van der Waals surface area contributed by atoms with Crippen molar-refractivity contribution in [1.82, 2.24) is 0 Å². The molecule has 0 radical (unpaired) electrons. The van der Waals surface area contributed by atoms with Crippen LogP contribution in [0.1, 0.15) is 5.56 Å². The zero-order valence-corrected chi connectivity index (χ0v) is 26.5. The van der Waals surface area contributed by atoms with Crippen LogP contribution in [0, 0.1) is 6.92 Å². The maximum atomic E-state index is 12.1. The van der Waals surface area contributed by atoms with E-state index in [4.69, 9.17) is 10.5 Å². The molecule has 0 fully saturated rings. The smallest absolute Gasteiger partial charge is 0.296 e.